The summed E-state index contributed by atoms with van der Waals surface area (Å²) in [7, 11) is 0. The molecule has 1 aliphatic heterocycles. The van der Waals surface area contributed by atoms with E-state index in [1.54, 1.807) is 18.7 Å². The standard InChI is InChI=1S/C11H16N2O2/c1-4-5-6-7-13-9(3)10(14)12-8(2)11(13)15/h1,8-9H,5-7H2,2-3H3,(H,12,14). The smallest absolute Gasteiger partial charge is 0.245 e. The number of amides is 2. The van der Waals surface area contributed by atoms with Crippen LogP contribution in [0.3, 0.4) is 0 Å². The zero-order valence-corrected chi connectivity index (χ0v) is 9.12. The van der Waals surface area contributed by atoms with Gasteiger partial charge in [-0.15, -0.1) is 12.3 Å². The van der Waals surface area contributed by atoms with E-state index in [1.165, 1.54) is 0 Å². The molecule has 4 nitrogen and oxygen atoms in total. The first-order valence-corrected chi connectivity index (χ1v) is 5.12. The molecule has 1 rings (SSSR count). The molecule has 2 amide bonds. The highest BCUT2D eigenvalue weighted by molar-refractivity contribution is 5.96. The molecule has 0 bridgehead atoms. The summed E-state index contributed by atoms with van der Waals surface area (Å²) in [5.41, 5.74) is 0. The van der Waals surface area contributed by atoms with Crippen LogP contribution in [0.1, 0.15) is 26.7 Å². The van der Waals surface area contributed by atoms with Crippen molar-refractivity contribution in [3.63, 3.8) is 0 Å². The van der Waals surface area contributed by atoms with Crippen molar-refractivity contribution in [1.82, 2.24) is 10.2 Å². The van der Waals surface area contributed by atoms with Crippen molar-refractivity contribution in [3.8, 4) is 12.3 Å². The molecular weight excluding hydrogens is 192 g/mol. The normalized spacial score (nSPS) is 26.1. The van der Waals surface area contributed by atoms with Gasteiger partial charge in [0.2, 0.25) is 11.8 Å². The second-order valence-corrected chi connectivity index (χ2v) is 3.75. The molecule has 1 heterocycles. The molecule has 0 radical (unpaired) electrons. The van der Waals surface area contributed by atoms with Gasteiger partial charge in [0.1, 0.15) is 12.1 Å². The first kappa shape index (κ1) is 11.6. The van der Waals surface area contributed by atoms with Crippen LogP contribution in [0.25, 0.3) is 0 Å². The number of nitrogens with zero attached hydrogens (tertiary/aromatic N) is 1. The van der Waals surface area contributed by atoms with Crippen LogP contribution in [0.2, 0.25) is 0 Å². The van der Waals surface area contributed by atoms with Crippen LogP contribution in [-0.2, 0) is 9.59 Å². The zero-order valence-electron chi connectivity index (χ0n) is 9.12. The van der Waals surface area contributed by atoms with Crippen LogP contribution in [0.4, 0.5) is 0 Å². The van der Waals surface area contributed by atoms with E-state index in [0.717, 1.165) is 6.42 Å². The molecule has 0 aromatic rings. The van der Waals surface area contributed by atoms with E-state index in [9.17, 15) is 9.59 Å². The number of nitrogens with one attached hydrogen (secondary N) is 1. The van der Waals surface area contributed by atoms with Gasteiger partial charge in [-0.05, 0) is 20.3 Å². The Morgan fingerprint density at radius 3 is 2.73 bits per heavy atom. The Balaban J connectivity index is 2.62. The lowest BCUT2D eigenvalue weighted by Gasteiger charge is -2.36. The minimum atomic E-state index is -0.417. The summed E-state index contributed by atoms with van der Waals surface area (Å²) >= 11 is 0. The largest absolute Gasteiger partial charge is 0.343 e. The summed E-state index contributed by atoms with van der Waals surface area (Å²) in [5.74, 6) is 2.40. The Bertz CT molecular complexity index is 306. The van der Waals surface area contributed by atoms with Gasteiger partial charge in [-0.1, -0.05) is 0 Å². The molecule has 0 saturated carbocycles. The van der Waals surface area contributed by atoms with Crippen molar-refractivity contribution in [2.24, 2.45) is 0 Å². The molecule has 15 heavy (non-hydrogen) atoms. The molecule has 0 aromatic heterocycles. The molecule has 2 unspecified atom stereocenters. The van der Waals surface area contributed by atoms with E-state index >= 15 is 0 Å². The third-order valence-corrected chi connectivity index (χ3v) is 2.58. The van der Waals surface area contributed by atoms with E-state index in [-0.39, 0.29) is 17.9 Å². The maximum Gasteiger partial charge on any atom is 0.245 e. The molecule has 4 heteroatoms. The fourth-order valence-electron chi connectivity index (χ4n) is 1.63. The van der Waals surface area contributed by atoms with Crippen molar-refractivity contribution in [3.05, 3.63) is 0 Å². The van der Waals surface area contributed by atoms with Gasteiger partial charge in [-0.2, -0.15) is 0 Å². The molecule has 1 fully saturated rings. The lowest BCUT2D eigenvalue weighted by molar-refractivity contribution is -0.148. The van der Waals surface area contributed by atoms with E-state index < -0.39 is 6.04 Å². The predicted molar refractivity (Wildman–Crippen MR) is 56.8 cm³/mol. The van der Waals surface area contributed by atoms with Crippen molar-refractivity contribution in [1.29, 1.82) is 0 Å². The highest BCUT2D eigenvalue weighted by atomic mass is 16.2. The zero-order chi connectivity index (χ0) is 11.4. The predicted octanol–water partition coefficient (Wildman–Crippen LogP) is 0.135. The average molecular weight is 208 g/mol. The summed E-state index contributed by atoms with van der Waals surface area (Å²) in [6.45, 7) is 3.98. The molecule has 2 atom stereocenters. The summed E-state index contributed by atoms with van der Waals surface area (Å²) in [6, 6.07) is -0.800. The fraction of sp³-hybridized carbons (Fsp3) is 0.636. The van der Waals surface area contributed by atoms with Gasteiger partial charge in [-0.3, -0.25) is 9.59 Å². The first-order valence-electron chi connectivity index (χ1n) is 5.12. The highest BCUT2D eigenvalue weighted by Gasteiger charge is 2.34. The van der Waals surface area contributed by atoms with Crippen LogP contribution in [-0.4, -0.2) is 35.3 Å². The quantitative estimate of drug-likeness (QED) is 0.529. The molecule has 1 saturated heterocycles. The molecule has 1 N–H and O–H groups in total. The summed E-state index contributed by atoms with van der Waals surface area (Å²) in [5, 5.41) is 2.63. The highest BCUT2D eigenvalue weighted by Crippen LogP contribution is 2.10. The Hall–Kier alpha value is -1.50. The third kappa shape index (κ3) is 2.50. The SMILES string of the molecule is C#CCCCN1C(=O)C(C)NC(=O)C1C. The topological polar surface area (TPSA) is 49.4 Å². The number of rotatable bonds is 3. The lowest BCUT2D eigenvalue weighted by atomic mass is 10.1. The number of hydrogen-bond acceptors (Lipinski definition) is 2. The lowest BCUT2D eigenvalue weighted by Crippen LogP contribution is -2.61. The number of hydrogen-bond donors (Lipinski definition) is 1. The van der Waals surface area contributed by atoms with Crippen LogP contribution in [0, 0.1) is 12.3 Å². The molecule has 82 valence electrons. The van der Waals surface area contributed by atoms with E-state index in [0.29, 0.717) is 13.0 Å². The van der Waals surface area contributed by atoms with Gasteiger partial charge in [-0.25, -0.2) is 0 Å². The Morgan fingerprint density at radius 1 is 1.47 bits per heavy atom. The van der Waals surface area contributed by atoms with Crippen molar-refractivity contribution in [2.45, 2.75) is 38.8 Å². The van der Waals surface area contributed by atoms with Gasteiger partial charge >= 0.3 is 0 Å². The van der Waals surface area contributed by atoms with Gasteiger partial charge in [0.05, 0.1) is 0 Å². The summed E-state index contributed by atoms with van der Waals surface area (Å²) in [4.78, 5) is 24.8. The third-order valence-electron chi connectivity index (χ3n) is 2.58. The second kappa shape index (κ2) is 4.83. The van der Waals surface area contributed by atoms with Crippen LogP contribution >= 0.6 is 0 Å². The average Bonchev–Trinajstić information content (AvgIpc) is 2.20. The van der Waals surface area contributed by atoms with Crippen LogP contribution in [0.5, 0.6) is 0 Å². The maximum atomic E-state index is 11.7. The van der Waals surface area contributed by atoms with Gasteiger partial charge in [0.25, 0.3) is 0 Å². The number of piperazine rings is 1. The minimum absolute atomic E-state index is 0.0286. The second-order valence-electron chi connectivity index (χ2n) is 3.75. The van der Waals surface area contributed by atoms with Gasteiger partial charge in [0, 0.05) is 13.0 Å². The van der Waals surface area contributed by atoms with E-state index in [4.69, 9.17) is 6.42 Å². The number of carbonyl (C=O) groups excluding carboxylic acids is 2. The minimum Gasteiger partial charge on any atom is -0.343 e. The molecule has 1 aliphatic rings. The molecule has 0 aromatic carbocycles. The van der Waals surface area contributed by atoms with Crippen molar-refractivity contribution in [2.75, 3.05) is 6.54 Å². The Morgan fingerprint density at radius 2 is 2.13 bits per heavy atom. The number of terminal acetylenes is 1. The fourth-order valence-corrected chi connectivity index (χ4v) is 1.63. The Labute approximate surface area is 90.0 Å². The molecule has 0 aliphatic carbocycles. The first-order chi connectivity index (χ1) is 7.07. The molecular formula is C11H16N2O2. The van der Waals surface area contributed by atoms with Crippen LogP contribution in [0.15, 0.2) is 0 Å². The monoisotopic (exact) mass is 208 g/mol. The van der Waals surface area contributed by atoms with Crippen LogP contribution < -0.4 is 5.32 Å². The summed E-state index contributed by atoms with van der Waals surface area (Å²) in [6.07, 6.45) is 6.51. The van der Waals surface area contributed by atoms with E-state index in [2.05, 4.69) is 11.2 Å². The number of unbranched alkanes of at least 4 members (excludes halogenated alkanes) is 1. The van der Waals surface area contributed by atoms with Gasteiger partial charge in [0.15, 0.2) is 0 Å². The van der Waals surface area contributed by atoms with E-state index in [1.807, 2.05) is 0 Å². The Kier molecular flexibility index (Phi) is 3.73. The molecule has 0 spiro atoms. The maximum absolute atomic E-state index is 11.7. The van der Waals surface area contributed by atoms with Crippen molar-refractivity contribution < 1.29 is 9.59 Å². The summed E-state index contributed by atoms with van der Waals surface area (Å²) < 4.78 is 0. The number of carbonyl (C=O) groups is 2. The van der Waals surface area contributed by atoms with Crippen molar-refractivity contribution >= 4 is 11.8 Å². The van der Waals surface area contributed by atoms with Gasteiger partial charge < -0.3 is 10.2 Å².